The highest BCUT2D eigenvalue weighted by molar-refractivity contribution is 7.43. The third kappa shape index (κ3) is 4.51. The predicted octanol–water partition coefficient (Wildman–Crippen LogP) is 0.736. The molecule has 0 aromatic carbocycles. The molecule has 6 heteroatoms. The van der Waals surface area contributed by atoms with E-state index < -0.39 is 8.53 Å². The molecule has 1 unspecified atom stereocenters. The van der Waals surface area contributed by atoms with E-state index in [4.69, 9.17) is 9.79 Å². The lowest BCUT2D eigenvalue weighted by Crippen LogP contribution is -2.31. The lowest BCUT2D eigenvalue weighted by atomic mass is 10.4. The van der Waals surface area contributed by atoms with Crippen LogP contribution in [0, 0.1) is 11.3 Å². The van der Waals surface area contributed by atoms with Gasteiger partial charge in [-0.2, -0.15) is 10.5 Å². The Bertz CT molecular complexity index is 179. The average Bonchev–Trinajstić information content (AvgIpc) is 2.57. The summed E-state index contributed by atoms with van der Waals surface area (Å²) in [5.74, 6) is 0. The number of nitrogens with one attached hydrogen (secondary N) is 1. The Morgan fingerprint density at radius 2 is 2.23 bits per heavy atom. The number of hydrazine groups is 1. The summed E-state index contributed by atoms with van der Waals surface area (Å²) in [6.45, 7) is 2.21. The van der Waals surface area contributed by atoms with Gasteiger partial charge < -0.3 is 9.42 Å². The van der Waals surface area contributed by atoms with E-state index >= 15 is 0 Å². The van der Waals surface area contributed by atoms with Crippen LogP contribution in [0.3, 0.4) is 0 Å². The Labute approximate surface area is 79.2 Å². The van der Waals surface area contributed by atoms with E-state index in [1.165, 1.54) is 0 Å². The zero-order chi connectivity index (χ0) is 9.52. The fraction of sp³-hybridized carbons (Fsp3) is 0.857. The van der Waals surface area contributed by atoms with Crippen LogP contribution < -0.4 is 5.20 Å². The second kappa shape index (κ2) is 6.25. The number of hydrogen-bond donors (Lipinski definition) is 2. The van der Waals surface area contributed by atoms with Gasteiger partial charge in [0.1, 0.15) is 0 Å². The number of nitrogens with zero attached hydrogens (tertiary/aromatic N) is 2. The van der Waals surface area contributed by atoms with Gasteiger partial charge in [0.05, 0.1) is 19.1 Å². The van der Waals surface area contributed by atoms with Crippen molar-refractivity contribution in [3.8, 4) is 6.07 Å². The highest BCUT2D eigenvalue weighted by Gasteiger charge is 2.15. The van der Waals surface area contributed by atoms with Gasteiger partial charge in [0.2, 0.25) is 0 Å². The van der Waals surface area contributed by atoms with Gasteiger partial charge >= 0.3 is 0 Å². The van der Waals surface area contributed by atoms with Crippen LogP contribution in [0.2, 0.25) is 0 Å². The van der Waals surface area contributed by atoms with E-state index in [0.717, 1.165) is 25.9 Å². The van der Waals surface area contributed by atoms with Crippen molar-refractivity contribution in [3.05, 3.63) is 0 Å². The lowest BCUT2D eigenvalue weighted by Gasteiger charge is -2.19. The minimum absolute atomic E-state index is 0.291. The second-order valence-corrected chi connectivity index (χ2v) is 3.81. The molecule has 0 aromatic rings. The van der Waals surface area contributed by atoms with Crippen LogP contribution in [-0.4, -0.2) is 29.6 Å². The summed E-state index contributed by atoms with van der Waals surface area (Å²) in [6, 6.07) is 1.95. The molecule has 0 aromatic heterocycles. The van der Waals surface area contributed by atoms with Crippen molar-refractivity contribution >= 4 is 8.53 Å². The van der Waals surface area contributed by atoms with Crippen molar-refractivity contribution in [2.24, 2.45) is 0 Å². The van der Waals surface area contributed by atoms with Crippen LogP contribution in [0.15, 0.2) is 0 Å². The van der Waals surface area contributed by atoms with Gasteiger partial charge in [0.25, 0.3) is 8.53 Å². The summed E-state index contributed by atoms with van der Waals surface area (Å²) in [4.78, 5) is 9.32. The molecule has 1 rings (SSSR count). The first-order valence-electron chi connectivity index (χ1n) is 4.33. The molecular weight excluding hydrogens is 189 g/mol. The number of hydrogen-bond acceptors (Lipinski definition) is 5. The van der Waals surface area contributed by atoms with Crippen molar-refractivity contribution in [2.45, 2.75) is 19.3 Å². The average molecular weight is 203 g/mol. The summed E-state index contributed by atoms with van der Waals surface area (Å²) in [6.07, 6.45) is 2.64. The molecule has 0 aliphatic carbocycles. The minimum Gasteiger partial charge on any atom is -0.337 e. The van der Waals surface area contributed by atoms with E-state index in [0.29, 0.717) is 13.0 Å². The monoisotopic (exact) mass is 203 g/mol. The molecule has 74 valence electrons. The van der Waals surface area contributed by atoms with E-state index in [2.05, 4.69) is 5.20 Å². The normalized spacial score (nSPS) is 20.0. The molecule has 13 heavy (non-hydrogen) atoms. The van der Waals surface area contributed by atoms with Gasteiger partial charge in [-0.1, -0.05) is 0 Å². The maximum atomic E-state index is 9.32. The van der Waals surface area contributed by atoms with Gasteiger partial charge in [-0.15, -0.1) is 0 Å². The van der Waals surface area contributed by atoms with E-state index in [1.807, 2.05) is 11.1 Å². The molecule has 5 nitrogen and oxygen atoms in total. The number of rotatable bonds is 5. The molecule has 1 fully saturated rings. The van der Waals surface area contributed by atoms with Crippen LogP contribution in [0.5, 0.6) is 0 Å². The highest BCUT2D eigenvalue weighted by atomic mass is 31.2. The molecule has 1 atom stereocenters. The van der Waals surface area contributed by atoms with Gasteiger partial charge in [0.15, 0.2) is 0 Å². The Balaban J connectivity index is 2.03. The summed E-state index contributed by atoms with van der Waals surface area (Å²) in [5.41, 5.74) is 0. The summed E-state index contributed by atoms with van der Waals surface area (Å²) >= 11 is 0. The molecule has 1 aliphatic rings. The molecule has 2 N–H and O–H groups in total. The maximum absolute atomic E-state index is 9.32. The first kappa shape index (κ1) is 10.8. The summed E-state index contributed by atoms with van der Waals surface area (Å²) < 4.78 is 4.99. The quantitative estimate of drug-likeness (QED) is 0.509. The minimum atomic E-state index is -1.58. The zero-order valence-corrected chi connectivity index (χ0v) is 8.33. The third-order valence-electron chi connectivity index (χ3n) is 1.76. The first-order chi connectivity index (χ1) is 6.33. The van der Waals surface area contributed by atoms with Gasteiger partial charge in [-0.05, 0) is 12.8 Å². The van der Waals surface area contributed by atoms with E-state index in [-0.39, 0.29) is 0 Å². The van der Waals surface area contributed by atoms with Crippen molar-refractivity contribution in [1.82, 2.24) is 10.2 Å². The fourth-order valence-electron chi connectivity index (χ4n) is 1.14. The standard InChI is InChI=1S/C7H14N3O2P/c8-4-3-7-12-13(11)9-10-5-1-2-6-10/h9,11H,1-3,5-7H2. The zero-order valence-electron chi connectivity index (χ0n) is 7.44. The van der Waals surface area contributed by atoms with Crippen LogP contribution in [0.25, 0.3) is 0 Å². The lowest BCUT2D eigenvalue weighted by molar-refractivity contribution is 0.242. The molecule has 0 amide bonds. The smallest absolute Gasteiger partial charge is 0.267 e. The third-order valence-corrected chi connectivity index (χ3v) is 2.64. The van der Waals surface area contributed by atoms with Gasteiger partial charge in [-0.3, -0.25) is 0 Å². The van der Waals surface area contributed by atoms with Crippen molar-refractivity contribution < 1.29 is 9.42 Å². The highest BCUT2D eigenvalue weighted by Crippen LogP contribution is 2.27. The summed E-state index contributed by atoms with van der Waals surface area (Å²) in [7, 11) is -1.58. The van der Waals surface area contributed by atoms with Crippen molar-refractivity contribution in [1.29, 1.82) is 5.26 Å². The van der Waals surface area contributed by atoms with E-state index in [9.17, 15) is 4.89 Å². The molecule has 0 spiro atoms. The Morgan fingerprint density at radius 1 is 1.54 bits per heavy atom. The van der Waals surface area contributed by atoms with Crippen LogP contribution >= 0.6 is 8.53 Å². The predicted molar refractivity (Wildman–Crippen MR) is 49.3 cm³/mol. The van der Waals surface area contributed by atoms with Crippen LogP contribution in [0.1, 0.15) is 19.3 Å². The first-order valence-corrected chi connectivity index (χ1v) is 5.54. The molecule has 0 radical (unpaired) electrons. The molecule has 1 aliphatic heterocycles. The molecular formula is C7H14N3O2P. The van der Waals surface area contributed by atoms with Crippen molar-refractivity contribution in [2.75, 3.05) is 19.7 Å². The van der Waals surface area contributed by atoms with Gasteiger partial charge in [0, 0.05) is 13.1 Å². The summed E-state index contributed by atoms with van der Waals surface area (Å²) in [5, 5.41) is 13.0. The molecule has 0 saturated carbocycles. The Morgan fingerprint density at radius 3 is 2.85 bits per heavy atom. The largest absolute Gasteiger partial charge is 0.337 e. The second-order valence-electron chi connectivity index (χ2n) is 2.81. The van der Waals surface area contributed by atoms with Gasteiger partial charge in [-0.25, -0.2) is 5.01 Å². The SMILES string of the molecule is N#CCCOP(O)NN1CCCC1. The Hall–Kier alpha value is -0.240. The molecule has 1 saturated heterocycles. The van der Waals surface area contributed by atoms with Crippen molar-refractivity contribution in [3.63, 3.8) is 0 Å². The topological polar surface area (TPSA) is 68.5 Å². The molecule has 0 bridgehead atoms. The van der Waals surface area contributed by atoms with E-state index in [1.54, 1.807) is 0 Å². The van der Waals surface area contributed by atoms with Crippen LogP contribution in [-0.2, 0) is 4.52 Å². The molecule has 1 heterocycles. The number of nitriles is 1. The van der Waals surface area contributed by atoms with Crippen LogP contribution in [0.4, 0.5) is 0 Å². The Kier molecular flexibility index (Phi) is 5.21. The maximum Gasteiger partial charge on any atom is 0.267 e. The fourth-order valence-corrected chi connectivity index (χ4v) is 1.91.